The number of carbonyl (C=O) groups is 1. The van der Waals surface area contributed by atoms with Crippen molar-refractivity contribution < 1.29 is 18.3 Å². The summed E-state index contributed by atoms with van der Waals surface area (Å²) in [5, 5.41) is 10.5. The highest BCUT2D eigenvalue weighted by Crippen LogP contribution is 2.37. The number of carbonyl (C=O) groups excluding carboxylic acids is 1. The summed E-state index contributed by atoms with van der Waals surface area (Å²) >= 11 is 0. The first-order valence-corrected chi connectivity index (χ1v) is 9.85. The van der Waals surface area contributed by atoms with E-state index in [1.54, 1.807) is 18.2 Å². The Hall–Kier alpha value is -2.18. The maximum atomic E-state index is 13.2. The third kappa shape index (κ3) is 3.60. The lowest BCUT2D eigenvalue weighted by Gasteiger charge is -2.32. The summed E-state index contributed by atoms with van der Waals surface area (Å²) in [6, 6.07) is 15.9. The number of nitrogens with one attached hydrogen (secondary N) is 1. The SMILES string of the molecule is O=C(CO)NC(C1CCCc2ccccc21)S(=O)(=O)c1ccccc1. The van der Waals surface area contributed by atoms with Crippen LogP contribution in [0.4, 0.5) is 0 Å². The van der Waals surface area contributed by atoms with Crippen molar-refractivity contribution in [3.05, 3.63) is 65.7 Å². The Bertz CT molecular complexity index is 849. The van der Waals surface area contributed by atoms with Gasteiger partial charge in [-0.15, -0.1) is 0 Å². The molecule has 2 N–H and O–H groups in total. The number of rotatable bonds is 5. The molecule has 6 heteroatoms. The van der Waals surface area contributed by atoms with Gasteiger partial charge in [-0.1, -0.05) is 42.5 Å². The molecule has 2 atom stereocenters. The largest absolute Gasteiger partial charge is 0.387 e. The van der Waals surface area contributed by atoms with Crippen molar-refractivity contribution in [1.82, 2.24) is 5.32 Å². The van der Waals surface area contributed by atoms with Gasteiger partial charge in [0, 0.05) is 5.92 Å². The molecule has 25 heavy (non-hydrogen) atoms. The zero-order valence-electron chi connectivity index (χ0n) is 13.8. The monoisotopic (exact) mass is 359 g/mol. The molecule has 1 aliphatic carbocycles. The number of sulfone groups is 1. The molecule has 2 aromatic rings. The second kappa shape index (κ2) is 7.37. The van der Waals surface area contributed by atoms with Gasteiger partial charge in [0.2, 0.25) is 5.91 Å². The Morgan fingerprint density at radius 3 is 2.52 bits per heavy atom. The highest BCUT2D eigenvalue weighted by molar-refractivity contribution is 7.92. The molecule has 2 aromatic carbocycles. The first-order chi connectivity index (χ1) is 12.0. The third-order valence-corrected chi connectivity index (χ3v) is 6.68. The van der Waals surface area contributed by atoms with E-state index in [-0.39, 0.29) is 10.8 Å². The van der Waals surface area contributed by atoms with Gasteiger partial charge in [0.05, 0.1) is 4.90 Å². The van der Waals surface area contributed by atoms with Crippen LogP contribution >= 0.6 is 0 Å². The fraction of sp³-hybridized carbons (Fsp3) is 0.316. The number of aliphatic hydroxyl groups is 1. The van der Waals surface area contributed by atoms with E-state index in [4.69, 9.17) is 5.11 Å². The van der Waals surface area contributed by atoms with Gasteiger partial charge in [-0.25, -0.2) is 8.42 Å². The van der Waals surface area contributed by atoms with E-state index in [0.717, 1.165) is 24.0 Å². The van der Waals surface area contributed by atoms with E-state index in [1.807, 2.05) is 24.3 Å². The van der Waals surface area contributed by atoms with Crippen LogP contribution in [-0.2, 0) is 21.1 Å². The van der Waals surface area contributed by atoms with Crippen molar-refractivity contribution in [2.75, 3.05) is 6.61 Å². The second-order valence-corrected chi connectivity index (χ2v) is 8.27. The fourth-order valence-electron chi connectivity index (χ4n) is 3.46. The van der Waals surface area contributed by atoms with Crippen molar-refractivity contribution in [1.29, 1.82) is 0 Å². The van der Waals surface area contributed by atoms with Crippen LogP contribution in [0.2, 0.25) is 0 Å². The summed E-state index contributed by atoms with van der Waals surface area (Å²) in [6.45, 7) is -0.741. The van der Waals surface area contributed by atoms with E-state index in [1.165, 1.54) is 12.1 Å². The normalized spacial score (nSPS) is 18.2. The number of hydrogen-bond donors (Lipinski definition) is 2. The molecular weight excluding hydrogens is 338 g/mol. The van der Waals surface area contributed by atoms with E-state index >= 15 is 0 Å². The van der Waals surface area contributed by atoms with Crippen molar-refractivity contribution in [3.63, 3.8) is 0 Å². The predicted octanol–water partition coefficient (Wildman–Crippen LogP) is 2.01. The number of fused-ring (bicyclic) bond motifs is 1. The second-order valence-electron chi connectivity index (χ2n) is 6.20. The number of aryl methyl sites for hydroxylation is 1. The Morgan fingerprint density at radius 1 is 1.12 bits per heavy atom. The molecule has 0 saturated carbocycles. The molecule has 0 aromatic heterocycles. The van der Waals surface area contributed by atoms with Gasteiger partial charge >= 0.3 is 0 Å². The molecule has 1 aliphatic rings. The van der Waals surface area contributed by atoms with Crippen LogP contribution in [0.25, 0.3) is 0 Å². The molecule has 0 heterocycles. The zero-order valence-corrected chi connectivity index (χ0v) is 14.6. The first-order valence-electron chi connectivity index (χ1n) is 8.31. The van der Waals surface area contributed by atoms with E-state index < -0.39 is 27.7 Å². The number of amides is 1. The van der Waals surface area contributed by atoms with E-state index in [0.29, 0.717) is 6.42 Å². The third-order valence-electron chi connectivity index (χ3n) is 4.63. The number of aliphatic hydroxyl groups excluding tert-OH is 1. The van der Waals surface area contributed by atoms with Crippen LogP contribution in [0.1, 0.15) is 29.9 Å². The van der Waals surface area contributed by atoms with E-state index in [9.17, 15) is 13.2 Å². The van der Waals surface area contributed by atoms with Crippen molar-refractivity contribution >= 4 is 15.7 Å². The molecule has 132 valence electrons. The van der Waals surface area contributed by atoms with Crippen LogP contribution in [0, 0.1) is 0 Å². The number of hydrogen-bond acceptors (Lipinski definition) is 4. The number of benzene rings is 2. The van der Waals surface area contributed by atoms with Gasteiger partial charge in [-0.3, -0.25) is 4.79 Å². The molecule has 3 rings (SSSR count). The molecule has 0 saturated heterocycles. The Morgan fingerprint density at radius 2 is 1.80 bits per heavy atom. The molecule has 0 spiro atoms. The predicted molar refractivity (Wildman–Crippen MR) is 94.8 cm³/mol. The van der Waals surface area contributed by atoms with Gasteiger partial charge in [-0.05, 0) is 42.5 Å². The molecule has 0 aliphatic heterocycles. The molecule has 0 fully saturated rings. The lowest BCUT2D eigenvalue weighted by atomic mass is 9.82. The topological polar surface area (TPSA) is 83.5 Å². The highest BCUT2D eigenvalue weighted by atomic mass is 32.2. The minimum atomic E-state index is -3.79. The molecule has 5 nitrogen and oxygen atoms in total. The van der Waals surface area contributed by atoms with Crippen LogP contribution in [0.15, 0.2) is 59.5 Å². The summed E-state index contributed by atoms with van der Waals surface area (Å²) in [5.74, 6) is -1.03. The van der Waals surface area contributed by atoms with Gasteiger partial charge in [0.1, 0.15) is 12.0 Å². The average molecular weight is 359 g/mol. The van der Waals surface area contributed by atoms with E-state index in [2.05, 4.69) is 5.32 Å². The Kier molecular flexibility index (Phi) is 5.20. The summed E-state index contributed by atoms with van der Waals surface area (Å²) in [6.07, 6.45) is 2.43. The Balaban J connectivity index is 2.06. The van der Waals surface area contributed by atoms with Crippen molar-refractivity contribution in [3.8, 4) is 0 Å². The van der Waals surface area contributed by atoms with Gasteiger partial charge < -0.3 is 10.4 Å². The summed E-state index contributed by atoms with van der Waals surface area (Å²) in [7, 11) is -3.79. The van der Waals surface area contributed by atoms with Crippen LogP contribution in [-0.4, -0.2) is 31.4 Å². The quantitative estimate of drug-likeness (QED) is 0.855. The lowest BCUT2D eigenvalue weighted by Crippen LogP contribution is -2.46. The Labute approximate surface area is 147 Å². The standard InChI is InChI=1S/C19H21NO4S/c21-13-18(22)20-19(25(23,24)15-9-2-1-3-10-15)17-12-6-8-14-7-4-5-11-16(14)17/h1-5,7,9-11,17,19,21H,6,8,12-13H2,(H,20,22). The van der Waals surface area contributed by atoms with Crippen LogP contribution in [0.3, 0.4) is 0 Å². The molecule has 0 bridgehead atoms. The fourth-order valence-corrected chi connectivity index (χ4v) is 5.29. The highest BCUT2D eigenvalue weighted by Gasteiger charge is 2.38. The smallest absolute Gasteiger partial charge is 0.246 e. The summed E-state index contributed by atoms with van der Waals surface area (Å²) < 4.78 is 26.4. The van der Waals surface area contributed by atoms with Gasteiger partial charge in [-0.2, -0.15) is 0 Å². The van der Waals surface area contributed by atoms with Gasteiger partial charge in [0.25, 0.3) is 0 Å². The molecule has 2 unspecified atom stereocenters. The van der Waals surface area contributed by atoms with Gasteiger partial charge in [0.15, 0.2) is 9.84 Å². The molecular formula is C19H21NO4S. The maximum absolute atomic E-state index is 13.2. The first kappa shape index (κ1) is 17.6. The van der Waals surface area contributed by atoms with Crippen molar-refractivity contribution in [2.45, 2.75) is 35.4 Å². The molecule has 0 radical (unpaired) electrons. The summed E-state index contributed by atoms with van der Waals surface area (Å²) in [4.78, 5) is 12.0. The summed E-state index contributed by atoms with van der Waals surface area (Å²) in [5.41, 5.74) is 2.07. The lowest BCUT2D eigenvalue weighted by molar-refractivity contribution is -0.124. The maximum Gasteiger partial charge on any atom is 0.246 e. The minimum Gasteiger partial charge on any atom is -0.387 e. The zero-order chi connectivity index (χ0) is 17.9. The van der Waals surface area contributed by atoms with Crippen LogP contribution in [0.5, 0.6) is 0 Å². The van der Waals surface area contributed by atoms with Crippen LogP contribution < -0.4 is 5.32 Å². The van der Waals surface area contributed by atoms with Crippen molar-refractivity contribution in [2.24, 2.45) is 0 Å². The average Bonchev–Trinajstić information content (AvgIpc) is 2.66. The minimum absolute atomic E-state index is 0.168. The molecule has 1 amide bonds.